The molecular weight excluding hydrogens is 441 g/mol. The molecule has 1 amide bonds. The molecule has 0 aliphatic carbocycles. The molecule has 3 rings (SSSR count). The Morgan fingerprint density at radius 1 is 1.00 bits per heavy atom. The highest BCUT2D eigenvalue weighted by Gasteiger charge is 2.16. The molecule has 0 bridgehead atoms. The number of hydrogen-bond acceptors (Lipinski definition) is 4. The van der Waals surface area contributed by atoms with Crippen molar-refractivity contribution in [1.29, 1.82) is 5.26 Å². The number of halogens is 1. The van der Waals surface area contributed by atoms with Gasteiger partial charge >= 0.3 is 0 Å². The summed E-state index contributed by atoms with van der Waals surface area (Å²) in [5.41, 5.74) is 2.50. The number of carbonyl (C=O) groups is 1. The number of sulfonamides is 1. The summed E-state index contributed by atoms with van der Waals surface area (Å²) < 4.78 is 40.3. The lowest BCUT2D eigenvalue weighted by molar-refractivity contribution is -0.130. The smallest absolute Gasteiger partial charge is 0.261 e. The molecule has 0 unspecified atom stereocenters. The molecule has 3 aromatic rings. The molecule has 0 aromatic heterocycles. The van der Waals surface area contributed by atoms with Crippen LogP contribution >= 0.6 is 0 Å². The molecule has 8 heteroatoms. The predicted octanol–water partition coefficient (Wildman–Crippen LogP) is 4.26. The van der Waals surface area contributed by atoms with Gasteiger partial charge in [0, 0.05) is 18.8 Å². The maximum absolute atomic E-state index is 13.0. The lowest BCUT2D eigenvalue weighted by Crippen LogP contribution is -2.32. The quantitative estimate of drug-likeness (QED) is 0.480. The van der Waals surface area contributed by atoms with Crippen LogP contribution in [0.15, 0.2) is 90.3 Å². The summed E-state index contributed by atoms with van der Waals surface area (Å²) in [5, 5.41) is 8.92. The number of nitrogens with zero attached hydrogens (tertiary/aromatic N) is 2. The molecule has 0 spiro atoms. The van der Waals surface area contributed by atoms with E-state index in [0.717, 1.165) is 23.3 Å². The number of anilines is 1. The molecule has 3 aromatic carbocycles. The number of carbonyl (C=O) groups excluding carboxylic acids is 1. The van der Waals surface area contributed by atoms with Gasteiger partial charge in [0.05, 0.1) is 22.9 Å². The second kappa shape index (κ2) is 10.6. The molecule has 0 saturated heterocycles. The fourth-order valence-electron chi connectivity index (χ4n) is 3.12. The second-order valence-electron chi connectivity index (χ2n) is 7.30. The first-order valence-electron chi connectivity index (χ1n) is 10.1. The van der Waals surface area contributed by atoms with E-state index in [4.69, 9.17) is 5.26 Å². The summed E-state index contributed by atoms with van der Waals surface area (Å²) >= 11 is 0. The minimum Gasteiger partial charge on any atom is -0.334 e. The normalized spacial score (nSPS) is 10.8. The average molecular weight is 464 g/mol. The summed E-state index contributed by atoms with van der Waals surface area (Å²) in [6.07, 6.45) is 1.78. The minimum absolute atomic E-state index is 0.0500. The number of benzene rings is 3. The van der Waals surface area contributed by atoms with E-state index < -0.39 is 15.8 Å². The first-order valence-corrected chi connectivity index (χ1v) is 11.5. The van der Waals surface area contributed by atoms with Crippen molar-refractivity contribution in [2.75, 3.05) is 11.3 Å². The van der Waals surface area contributed by atoms with Gasteiger partial charge in [-0.1, -0.05) is 30.3 Å². The molecule has 0 fully saturated rings. The Bertz CT molecular complexity index is 1260. The van der Waals surface area contributed by atoms with E-state index in [-0.39, 0.29) is 17.2 Å². The molecule has 0 saturated carbocycles. The predicted molar refractivity (Wildman–Crippen MR) is 124 cm³/mol. The molecule has 0 radical (unpaired) electrons. The van der Waals surface area contributed by atoms with E-state index >= 15 is 0 Å². The van der Waals surface area contributed by atoms with Gasteiger partial charge in [-0.25, -0.2) is 12.8 Å². The van der Waals surface area contributed by atoms with E-state index in [1.54, 1.807) is 47.4 Å². The van der Waals surface area contributed by atoms with Crippen molar-refractivity contribution in [3.05, 3.63) is 108 Å². The van der Waals surface area contributed by atoms with Crippen LogP contribution in [0.3, 0.4) is 0 Å². The molecule has 0 aliphatic heterocycles. The third-order valence-corrected chi connectivity index (χ3v) is 6.24. The van der Waals surface area contributed by atoms with E-state index in [0.29, 0.717) is 24.3 Å². The Morgan fingerprint density at radius 3 is 2.18 bits per heavy atom. The van der Waals surface area contributed by atoms with Crippen molar-refractivity contribution in [1.82, 2.24) is 4.90 Å². The van der Waals surface area contributed by atoms with Gasteiger partial charge in [-0.05, 0) is 59.7 Å². The number of hydrogen-bond donors (Lipinski definition) is 1. The van der Waals surface area contributed by atoms with Crippen LogP contribution in [0.2, 0.25) is 0 Å². The topological polar surface area (TPSA) is 90.3 Å². The van der Waals surface area contributed by atoms with E-state index in [2.05, 4.69) is 17.4 Å². The first-order chi connectivity index (χ1) is 15.8. The summed E-state index contributed by atoms with van der Waals surface area (Å²) in [4.78, 5) is 14.4. The third-order valence-electron chi connectivity index (χ3n) is 4.84. The fraction of sp³-hybridized carbons (Fsp3) is 0.120. The fourth-order valence-corrected chi connectivity index (χ4v) is 4.18. The Balaban J connectivity index is 1.65. The number of nitriles is 1. The highest BCUT2D eigenvalue weighted by atomic mass is 32.2. The van der Waals surface area contributed by atoms with Crippen molar-refractivity contribution in [3.8, 4) is 6.07 Å². The van der Waals surface area contributed by atoms with Crippen LogP contribution in [0, 0.1) is 17.1 Å². The molecule has 168 valence electrons. The molecule has 0 aliphatic rings. The number of rotatable bonds is 9. The molecule has 0 heterocycles. The molecular formula is C25H22FN3O3S. The van der Waals surface area contributed by atoms with Gasteiger partial charge in [0.1, 0.15) is 5.82 Å². The van der Waals surface area contributed by atoms with Crippen LogP contribution < -0.4 is 4.72 Å². The van der Waals surface area contributed by atoms with Gasteiger partial charge in [0.2, 0.25) is 5.91 Å². The van der Waals surface area contributed by atoms with E-state index in [1.807, 2.05) is 12.1 Å². The van der Waals surface area contributed by atoms with Gasteiger partial charge in [0.25, 0.3) is 10.0 Å². The monoisotopic (exact) mass is 463 g/mol. The molecule has 0 atom stereocenters. The van der Waals surface area contributed by atoms with Crippen LogP contribution in [0.5, 0.6) is 0 Å². The summed E-state index contributed by atoms with van der Waals surface area (Å²) in [7, 11) is -3.85. The highest BCUT2D eigenvalue weighted by molar-refractivity contribution is 7.92. The van der Waals surface area contributed by atoms with Crippen LogP contribution in [-0.4, -0.2) is 25.8 Å². The standard InChI is InChI=1S/C25H22FN3O3S/c1-2-15-29(18-21-5-3-20(17-27)4-6-21)25(30)16-19-7-11-23(12-8-19)28-33(31,32)24-13-9-22(26)10-14-24/h2-14,28H,1,15-16,18H2. The molecule has 1 N–H and O–H groups in total. The van der Waals surface area contributed by atoms with Gasteiger partial charge in [-0.15, -0.1) is 6.58 Å². The average Bonchev–Trinajstić information content (AvgIpc) is 2.80. The van der Waals surface area contributed by atoms with Crippen molar-refractivity contribution in [2.45, 2.75) is 17.9 Å². The lowest BCUT2D eigenvalue weighted by atomic mass is 10.1. The number of amides is 1. The van der Waals surface area contributed by atoms with E-state index in [9.17, 15) is 17.6 Å². The summed E-state index contributed by atoms with van der Waals surface area (Å²) in [5.74, 6) is -0.633. The van der Waals surface area contributed by atoms with Crippen molar-refractivity contribution in [2.24, 2.45) is 0 Å². The number of nitrogens with one attached hydrogen (secondary N) is 1. The Labute approximate surface area is 192 Å². The Kier molecular flexibility index (Phi) is 7.59. The summed E-state index contributed by atoms with van der Waals surface area (Å²) in [6.45, 7) is 4.46. The SMILES string of the molecule is C=CCN(Cc1ccc(C#N)cc1)C(=O)Cc1ccc(NS(=O)(=O)c2ccc(F)cc2)cc1. The van der Waals surface area contributed by atoms with Crippen molar-refractivity contribution in [3.63, 3.8) is 0 Å². The van der Waals surface area contributed by atoms with Crippen LogP contribution in [0.4, 0.5) is 10.1 Å². The molecule has 6 nitrogen and oxygen atoms in total. The zero-order valence-electron chi connectivity index (χ0n) is 17.7. The highest BCUT2D eigenvalue weighted by Crippen LogP contribution is 2.18. The van der Waals surface area contributed by atoms with Gasteiger partial charge in [0.15, 0.2) is 0 Å². The van der Waals surface area contributed by atoms with Gasteiger partial charge < -0.3 is 4.90 Å². The van der Waals surface area contributed by atoms with Crippen LogP contribution in [-0.2, 0) is 27.8 Å². The maximum atomic E-state index is 13.0. The maximum Gasteiger partial charge on any atom is 0.261 e. The van der Waals surface area contributed by atoms with Crippen molar-refractivity contribution >= 4 is 21.6 Å². The molecule has 33 heavy (non-hydrogen) atoms. The zero-order chi connectivity index (χ0) is 23.8. The largest absolute Gasteiger partial charge is 0.334 e. The first kappa shape index (κ1) is 23.7. The van der Waals surface area contributed by atoms with Crippen LogP contribution in [0.25, 0.3) is 0 Å². The zero-order valence-corrected chi connectivity index (χ0v) is 18.6. The van der Waals surface area contributed by atoms with E-state index in [1.165, 1.54) is 12.1 Å². The van der Waals surface area contributed by atoms with Gasteiger partial charge in [-0.3, -0.25) is 9.52 Å². The Hall–Kier alpha value is -3.96. The van der Waals surface area contributed by atoms with Gasteiger partial charge in [-0.2, -0.15) is 5.26 Å². The Morgan fingerprint density at radius 2 is 1.61 bits per heavy atom. The minimum atomic E-state index is -3.85. The second-order valence-corrected chi connectivity index (χ2v) is 8.99. The lowest BCUT2D eigenvalue weighted by Gasteiger charge is -2.21. The van der Waals surface area contributed by atoms with Crippen LogP contribution in [0.1, 0.15) is 16.7 Å². The summed E-state index contributed by atoms with van der Waals surface area (Å²) in [6, 6.07) is 20.1. The third kappa shape index (κ3) is 6.51. The van der Waals surface area contributed by atoms with Crippen molar-refractivity contribution < 1.29 is 17.6 Å².